The van der Waals surface area contributed by atoms with Crippen molar-refractivity contribution in [2.24, 2.45) is 0 Å². The number of rotatable bonds is 8. The molecule has 2 aromatic rings. The van der Waals surface area contributed by atoms with Gasteiger partial charge in [0.25, 0.3) is 0 Å². The fourth-order valence-electron chi connectivity index (χ4n) is 2.45. The lowest BCUT2D eigenvalue weighted by Gasteiger charge is -2.22. The minimum atomic E-state index is 0.360. The Hall–Kier alpha value is -1.29. The van der Waals surface area contributed by atoms with Crippen LogP contribution in [0.3, 0.4) is 0 Å². The molecule has 0 aliphatic carbocycles. The van der Waals surface area contributed by atoms with Crippen molar-refractivity contribution in [3.8, 4) is 0 Å². The average molecular weight is 307 g/mol. The molecule has 1 heterocycles. The van der Waals surface area contributed by atoms with Crippen LogP contribution in [0.2, 0.25) is 5.02 Å². The Labute approximate surface area is 131 Å². The highest BCUT2D eigenvalue weighted by atomic mass is 35.5. The molecular weight excluding hydrogens is 284 g/mol. The Morgan fingerprint density at radius 3 is 2.62 bits per heavy atom. The predicted molar refractivity (Wildman–Crippen MR) is 87.5 cm³/mol. The summed E-state index contributed by atoms with van der Waals surface area (Å²) in [5, 5.41) is 4.33. The van der Waals surface area contributed by atoms with E-state index in [4.69, 9.17) is 16.0 Å². The van der Waals surface area contributed by atoms with E-state index in [-0.39, 0.29) is 0 Å². The van der Waals surface area contributed by atoms with Crippen LogP contribution < -0.4 is 5.32 Å². The second-order valence-electron chi connectivity index (χ2n) is 5.32. The lowest BCUT2D eigenvalue weighted by molar-refractivity contribution is 0.300. The van der Waals surface area contributed by atoms with Crippen molar-refractivity contribution in [2.45, 2.75) is 25.9 Å². The molecule has 3 nitrogen and oxygen atoms in total. The van der Waals surface area contributed by atoms with Gasteiger partial charge in [-0.1, -0.05) is 30.7 Å². The lowest BCUT2D eigenvalue weighted by atomic mass is 10.0. The third kappa shape index (κ3) is 5.20. The van der Waals surface area contributed by atoms with E-state index in [9.17, 15) is 0 Å². The maximum atomic E-state index is 5.96. The quantitative estimate of drug-likeness (QED) is 0.795. The van der Waals surface area contributed by atoms with Crippen LogP contribution in [0.15, 0.2) is 47.3 Å². The van der Waals surface area contributed by atoms with Crippen molar-refractivity contribution in [3.63, 3.8) is 0 Å². The van der Waals surface area contributed by atoms with Gasteiger partial charge in [0, 0.05) is 23.2 Å². The number of benzene rings is 1. The van der Waals surface area contributed by atoms with Crippen LogP contribution in [0.5, 0.6) is 0 Å². The van der Waals surface area contributed by atoms with Gasteiger partial charge in [0.2, 0.25) is 0 Å². The van der Waals surface area contributed by atoms with E-state index in [1.165, 1.54) is 11.1 Å². The first-order valence-electron chi connectivity index (χ1n) is 7.37. The maximum absolute atomic E-state index is 5.96. The van der Waals surface area contributed by atoms with E-state index in [2.05, 4.69) is 36.3 Å². The summed E-state index contributed by atoms with van der Waals surface area (Å²) in [4.78, 5) is 2.31. The van der Waals surface area contributed by atoms with Gasteiger partial charge in [0.1, 0.15) is 0 Å². The number of hydrogen-bond acceptors (Lipinski definition) is 3. The predicted octanol–water partition coefficient (Wildman–Crippen LogP) is 4.11. The standard InChI is InChI=1S/C17H23ClN2O/c1-3-19-17(15-4-6-16(18)7-5-15)8-10-20(2)12-14-9-11-21-13-14/h4-7,9,11,13,17,19H,3,8,10,12H2,1-2H3. The Balaban J connectivity index is 1.88. The second-order valence-corrected chi connectivity index (χ2v) is 5.76. The number of nitrogens with one attached hydrogen (secondary N) is 1. The minimum absolute atomic E-state index is 0.360. The van der Waals surface area contributed by atoms with Gasteiger partial charge in [0.15, 0.2) is 0 Å². The van der Waals surface area contributed by atoms with Gasteiger partial charge >= 0.3 is 0 Å². The molecule has 21 heavy (non-hydrogen) atoms. The highest BCUT2D eigenvalue weighted by molar-refractivity contribution is 6.30. The monoisotopic (exact) mass is 306 g/mol. The summed E-state index contributed by atoms with van der Waals surface area (Å²) >= 11 is 5.96. The summed E-state index contributed by atoms with van der Waals surface area (Å²) in [7, 11) is 2.14. The van der Waals surface area contributed by atoms with E-state index in [1.807, 2.05) is 18.2 Å². The number of nitrogens with zero attached hydrogens (tertiary/aromatic N) is 1. The van der Waals surface area contributed by atoms with Crippen molar-refractivity contribution in [3.05, 3.63) is 59.0 Å². The van der Waals surface area contributed by atoms with Crippen molar-refractivity contribution >= 4 is 11.6 Å². The Morgan fingerprint density at radius 2 is 2.00 bits per heavy atom. The Bertz CT molecular complexity index is 510. The summed E-state index contributed by atoms with van der Waals surface area (Å²) in [6, 6.07) is 10.5. The van der Waals surface area contributed by atoms with Gasteiger partial charge < -0.3 is 14.6 Å². The first-order chi connectivity index (χ1) is 10.2. The molecule has 0 bridgehead atoms. The molecule has 0 radical (unpaired) electrons. The number of halogens is 1. The molecule has 2 rings (SSSR count). The van der Waals surface area contributed by atoms with Gasteiger partial charge in [0.05, 0.1) is 12.5 Å². The molecular formula is C17H23ClN2O. The van der Waals surface area contributed by atoms with Gasteiger partial charge in [-0.3, -0.25) is 0 Å². The zero-order valence-corrected chi connectivity index (χ0v) is 13.4. The van der Waals surface area contributed by atoms with Crippen LogP contribution in [0, 0.1) is 0 Å². The topological polar surface area (TPSA) is 28.4 Å². The molecule has 0 fully saturated rings. The van der Waals surface area contributed by atoms with Gasteiger partial charge in [-0.05, 0) is 50.3 Å². The lowest BCUT2D eigenvalue weighted by Crippen LogP contribution is -2.27. The average Bonchev–Trinajstić information content (AvgIpc) is 2.97. The molecule has 0 aliphatic rings. The van der Waals surface area contributed by atoms with Gasteiger partial charge in [-0.2, -0.15) is 0 Å². The third-order valence-corrected chi connectivity index (χ3v) is 3.81. The number of hydrogen-bond donors (Lipinski definition) is 1. The normalized spacial score (nSPS) is 12.8. The summed E-state index contributed by atoms with van der Waals surface area (Å²) in [6.07, 6.45) is 4.58. The van der Waals surface area contributed by atoms with E-state index < -0.39 is 0 Å². The van der Waals surface area contributed by atoms with Gasteiger partial charge in [-0.25, -0.2) is 0 Å². The van der Waals surface area contributed by atoms with Crippen LogP contribution in [-0.2, 0) is 6.54 Å². The molecule has 114 valence electrons. The molecule has 0 aliphatic heterocycles. The van der Waals surface area contributed by atoms with Crippen LogP contribution >= 0.6 is 11.6 Å². The van der Waals surface area contributed by atoms with Crippen molar-refractivity contribution in [2.75, 3.05) is 20.1 Å². The second kappa shape index (κ2) is 8.23. The van der Waals surface area contributed by atoms with Crippen molar-refractivity contribution < 1.29 is 4.42 Å². The van der Waals surface area contributed by atoms with Crippen LogP contribution in [-0.4, -0.2) is 25.0 Å². The fraction of sp³-hybridized carbons (Fsp3) is 0.412. The minimum Gasteiger partial charge on any atom is -0.472 e. The zero-order chi connectivity index (χ0) is 15.1. The molecule has 1 unspecified atom stereocenters. The van der Waals surface area contributed by atoms with E-state index >= 15 is 0 Å². The van der Waals surface area contributed by atoms with Crippen LogP contribution in [0.4, 0.5) is 0 Å². The molecule has 1 aromatic heterocycles. The Morgan fingerprint density at radius 1 is 1.24 bits per heavy atom. The molecule has 1 aromatic carbocycles. The van der Waals surface area contributed by atoms with Crippen molar-refractivity contribution in [1.82, 2.24) is 10.2 Å². The van der Waals surface area contributed by atoms with Crippen LogP contribution in [0.1, 0.15) is 30.5 Å². The third-order valence-electron chi connectivity index (χ3n) is 3.55. The van der Waals surface area contributed by atoms with E-state index in [1.54, 1.807) is 12.5 Å². The molecule has 1 N–H and O–H groups in total. The first kappa shape index (κ1) is 16.1. The first-order valence-corrected chi connectivity index (χ1v) is 7.75. The van der Waals surface area contributed by atoms with E-state index in [0.717, 1.165) is 31.1 Å². The summed E-state index contributed by atoms with van der Waals surface area (Å²) in [6.45, 7) is 5.03. The van der Waals surface area contributed by atoms with Crippen molar-refractivity contribution in [1.29, 1.82) is 0 Å². The molecule has 0 amide bonds. The Kier molecular flexibility index (Phi) is 6.30. The molecule has 0 saturated carbocycles. The smallest absolute Gasteiger partial charge is 0.0947 e. The number of furan rings is 1. The molecule has 4 heteroatoms. The molecule has 0 saturated heterocycles. The van der Waals surface area contributed by atoms with Crippen LogP contribution in [0.25, 0.3) is 0 Å². The molecule has 0 spiro atoms. The maximum Gasteiger partial charge on any atom is 0.0947 e. The highest BCUT2D eigenvalue weighted by Gasteiger charge is 2.11. The largest absolute Gasteiger partial charge is 0.472 e. The SMILES string of the molecule is CCNC(CCN(C)Cc1ccoc1)c1ccc(Cl)cc1. The van der Waals surface area contributed by atoms with E-state index in [0.29, 0.717) is 6.04 Å². The fourth-order valence-corrected chi connectivity index (χ4v) is 2.58. The summed E-state index contributed by atoms with van der Waals surface area (Å²) < 4.78 is 5.11. The molecule has 1 atom stereocenters. The summed E-state index contributed by atoms with van der Waals surface area (Å²) in [5.74, 6) is 0. The zero-order valence-electron chi connectivity index (χ0n) is 12.7. The van der Waals surface area contributed by atoms with Gasteiger partial charge in [-0.15, -0.1) is 0 Å². The highest BCUT2D eigenvalue weighted by Crippen LogP contribution is 2.20. The summed E-state index contributed by atoms with van der Waals surface area (Å²) in [5.41, 5.74) is 2.50.